The highest BCUT2D eigenvalue weighted by atomic mass is 79.9. The van der Waals surface area contributed by atoms with Gasteiger partial charge in [0, 0.05) is 37.9 Å². The van der Waals surface area contributed by atoms with E-state index >= 15 is 0 Å². The molecule has 0 bridgehead atoms. The Morgan fingerprint density at radius 3 is 2.47 bits per heavy atom. The van der Waals surface area contributed by atoms with Crippen LogP contribution < -0.4 is 10.6 Å². The second-order valence-electron chi connectivity index (χ2n) is 4.94. The third kappa shape index (κ3) is 6.92. The summed E-state index contributed by atoms with van der Waals surface area (Å²) in [6.07, 6.45) is 4.46. The maximum atomic E-state index is 11.7. The molecular weight excluding hydrogens is 310 g/mol. The van der Waals surface area contributed by atoms with Crippen LogP contribution >= 0.6 is 15.9 Å². The van der Waals surface area contributed by atoms with Crippen molar-refractivity contribution in [2.24, 2.45) is 0 Å². The summed E-state index contributed by atoms with van der Waals surface area (Å²) in [6.45, 7) is 2.21. The standard InChI is InChI=1S/C13H24BrN3O2/c1-15-13(19)10-17-8-5-11(6-9-17)16-12(18)4-2-3-7-14/h11H,2-10H2,1H3,(H,15,19)(H,16,18). The number of carbonyl (C=O) groups is 2. The second-order valence-corrected chi connectivity index (χ2v) is 5.73. The van der Waals surface area contributed by atoms with Crippen LogP contribution in [0.25, 0.3) is 0 Å². The molecule has 1 aliphatic rings. The van der Waals surface area contributed by atoms with Crippen molar-refractivity contribution in [1.82, 2.24) is 15.5 Å². The van der Waals surface area contributed by atoms with Crippen LogP contribution in [-0.4, -0.2) is 54.8 Å². The normalized spacial score (nSPS) is 17.2. The van der Waals surface area contributed by atoms with E-state index in [0.29, 0.717) is 13.0 Å². The van der Waals surface area contributed by atoms with Crippen molar-refractivity contribution in [2.45, 2.75) is 38.1 Å². The number of hydrogen-bond donors (Lipinski definition) is 2. The van der Waals surface area contributed by atoms with E-state index in [1.807, 2.05) is 0 Å². The lowest BCUT2D eigenvalue weighted by atomic mass is 10.0. The highest BCUT2D eigenvalue weighted by molar-refractivity contribution is 9.09. The van der Waals surface area contributed by atoms with Crippen molar-refractivity contribution in [1.29, 1.82) is 0 Å². The largest absolute Gasteiger partial charge is 0.358 e. The number of piperidine rings is 1. The summed E-state index contributed by atoms with van der Waals surface area (Å²) in [6, 6.07) is 0.275. The smallest absolute Gasteiger partial charge is 0.233 e. The number of alkyl halides is 1. The van der Waals surface area contributed by atoms with Gasteiger partial charge in [-0.2, -0.15) is 0 Å². The highest BCUT2D eigenvalue weighted by Crippen LogP contribution is 2.10. The quantitative estimate of drug-likeness (QED) is 0.537. The number of likely N-dealkylation sites (N-methyl/N-ethyl adjacent to an activating group) is 1. The van der Waals surface area contributed by atoms with Gasteiger partial charge in [-0.1, -0.05) is 15.9 Å². The molecule has 0 radical (unpaired) electrons. The van der Waals surface area contributed by atoms with Gasteiger partial charge in [0.2, 0.25) is 11.8 Å². The number of amides is 2. The molecule has 0 saturated carbocycles. The van der Waals surface area contributed by atoms with E-state index in [1.54, 1.807) is 7.05 Å². The van der Waals surface area contributed by atoms with Gasteiger partial charge in [-0.25, -0.2) is 0 Å². The van der Waals surface area contributed by atoms with Gasteiger partial charge >= 0.3 is 0 Å². The molecule has 1 saturated heterocycles. The Kier molecular flexibility index (Phi) is 8.05. The maximum absolute atomic E-state index is 11.7. The minimum Gasteiger partial charge on any atom is -0.358 e. The monoisotopic (exact) mass is 333 g/mol. The summed E-state index contributed by atoms with van der Waals surface area (Å²) in [5.41, 5.74) is 0. The highest BCUT2D eigenvalue weighted by Gasteiger charge is 2.21. The van der Waals surface area contributed by atoms with E-state index in [-0.39, 0.29) is 17.9 Å². The van der Waals surface area contributed by atoms with Crippen LogP contribution in [-0.2, 0) is 9.59 Å². The molecule has 2 N–H and O–H groups in total. The van der Waals surface area contributed by atoms with Crippen molar-refractivity contribution in [3.05, 3.63) is 0 Å². The number of rotatable bonds is 7. The molecule has 0 aliphatic carbocycles. The summed E-state index contributed by atoms with van der Waals surface area (Å²) in [7, 11) is 1.66. The van der Waals surface area contributed by atoms with Crippen molar-refractivity contribution >= 4 is 27.7 Å². The topological polar surface area (TPSA) is 61.4 Å². The third-order valence-electron chi connectivity index (χ3n) is 3.39. The summed E-state index contributed by atoms with van der Waals surface area (Å²) < 4.78 is 0. The minimum atomic E-state index is 0.0530. The van der Waals surface area contributed by atoms with Gasteiger partial charge in [-0.15, -0.1) is 0 Å². The number of likely N-dealkylation sites (tertiary alicyclic amines) is 1. The number of nitrogens with zero attached hydrogens (tertiary/aromatic N) is 1. The Hall–Kier alpha value is -0.620. The fourth-order valence-electron chi connectivity index (χ4n) is 2.20. The molecule has 1 heterocycles. The first-order valence-corrected chi connectivity index (χ1v) is 8.06. The number of nitrogens with one attached hydrogen (secondary N) is 2. The molecule has 0 atom stereocenters. The van der Waals surface area contributed by atoms with E-state index in [4.69, 9.17) is 0 Å². The average molecular weight is 334 g/mol. The van der Waals surface area contributed by atoms with Crippen LogP contribution in [0.4, 0.5) is 0 Å². The first-order chi connectivity index (χ1) is 9.15. The van der Waals surface area contributed by atoms with Gasteiger partial charge in [0.25, 0.3) is 0 Å². The fraction of sp³-hybridized carbons (Fsp3) is 0.846. The van der Waals surface area contributed by atoms with Gasteiger partial charge in [-0.05, 0) is 25.7 Å². The lowest BCUT2D eigenvalue weighted by Gasteiger charge is -2.31. The Morgan fingerprint density at radius 1 is 1.21 bits per heavy atom. The predicted molar refractivity (Wildman–Crippen MR) is 79.3 cm³/mol. The molecule has 2 amide bonds. The Labute approximate surface area is 123 Å². The van der Waals surface area contributed by atoms with Crippen LogP contribution in [0, 0.1) is 0 Å². The molecule has 110 valence electrons. The molecule has 1 aliphatic heterocycles. The summed E-state index contributed by atoms with van der Waals surface area (Å²) in [5, 5.41) is 6.67. The van der Waals surface area contributed by atoms with Crippen LogP contribution in [0.3, 0.4) is 0 Å². The van der Waals surface area contributed by atoms with E-state index in [1.165, 1.54) is 0 Å². The molecule has 0 aromatic carbocycles. The SMILES string of the molecule is CNC(=O)CN1CCC(NC(=O)CCCCBr)CC1. The van der Waals surface area contributed by atoms with Crippen molar-refractivity contribution in [2.75, 3.05) is 32.0 Å². The van der Waals surface area contributed by atoms with E-state index < -0.39 is 0 Å². The molecule has 1 rings (SSSR count). The lowest BCUT2D eigenvalue weighted by Crippen LogP contribution is -2.47. The summed E-state index contributed by atoms with van der Waals surface area (Å²) in [4.78, 5) is 25.1. The first-order valence-electron chi connectivity index (χ1n) is 6.94. The molecule has 0 spiro atoms. The summed E-state index contributed by atoms with van der Waals surface area (Å²) >= 11 is 3.36. The zero-order valence-corrected chi connectivity index (χ0v) is 13.2. The van der Waals surface area contributed by atoms with E-state index in [2.05, 4.69) is 31.5 Å². The molecule has 6 heteroatoms. The third-order valence-corrected chi connectivity index (χ3v) is 3.95. The second kappa shape index (κ2) is 9.31. The van der Waals surface area contributed by atoms with Crippen molar-refractivity contribution < 1.29 is 9.59 Å². The number of carbonyl (C=O) groups excluding carboxylic acids is 2. The van der Waals surface area contributed by atoms with Crippen LogP contribution in [0.5, 0.6) is 0 Å². The number of hydrogen-bond acceptors (Lipinski definition) is 3. The Bertz CT molecular complexity index is 292. The van der Waals surface area contributed by atoms with Gasteiger partial charge < -0.3 is 10.6 Å². The van der Waals surface area contributed by atoms with Gasteiger partial charge in [0.1, 0.15) is 0 Å². The fourth-order valence-corrected chi connectivity index (χ4v) is 2.59. The zero-order chi connectivity index (χ0) is 14.1. The summed E-state index contributed by atoms with van der Waals surface area (Å²) in [5.74, 6) is 0.211. The predicted octanol–water partition coefficient (Wildman–Crippen LogP) is 0.878. The van der Waals surface area contributed by atoms with E-state index in [9.17, 15) is 9.59 Å². The van der Waals surface area contributed by atoms with E-state index in [0.717, 1.165) is 44.1 Å². The maximum Gasteiger partial charge on any atom is 0.233 e. The van der Waals surface area contributed by atoms with Gasteiger partial charge in [0.15, 0.2) is 0 Å². The molecule has 5 nitrogen and oxygen atoms in total. The average Bonchev–Trinajstić information content (AvgIpc) is 2.41. The first kappa shape index (κ1) is 16.4. The number of unbranched alkanes of at least 4 members (excludes halogenated alkanes) is 1. The molecular formula is C13H24BrN3O2. The Morgan fingerprint density at radius 2 is 1.89 bits per heavy atom. The molecule has 1 fully saturated rings. The minimum absolute atomic E-state index is 0.0530. The Balaban J connectivity index is 2.15. The van der Waals surface area contributed by atoms with Gasteiger partial charge in [0.05, 0.1) is 6.54 Å². The zero-order valence-electron chi connectivity index (χ0n) is 11.6. The van der Waals surface area contributed by atoms with Crippen LogP contribution in [0.1, 0.15) is 32.1 Å². The molecule has 0 unspecified atom stereocenters. The molecule has 19 heavy (non-hydrogen) atoms. The van der Waals surface area contributed by atoms with Crippen molar-refractivity contribution in [3.63, 3.8) is 0 Å². The van der Waals surface area contributed by atoms with Gasteiger partial charge in [-0.3, -0.25) is 14.5 Å². The van der Waals surface area contributed by atoms with Crippen molar-refractivity contribution in [3.8, 4) is 0 Å². The van der Waals surface area contributed by atoms with Crippen LogP contribution in [0.2, 0.25) is 0 Å². The lowest BCUT2D eigenvalue weighted by molar-refractivity contribution is -0.124. The number of halogens is 1. The van der Waals surface area contributed by atoms with Crippen LogP contribution in [0.15, 0.2) is 0 Å². The molecule has 0 aromatic heterocycles. The molecule has 0 aromatic rings.